The minimum absolute atomic E-state index is 0.0513. The summed E-state index contributed by atoms with van der Waals surface area (Å²) in [4.78, 5) is 25.6. The average molecular weight is 290 g/mol. The van der Waals surface area contributed by atoms with Crippen molar-refractivity contribution in [2.24, 2.45) is 0 Å². The van der Waals surface area contributed by atoms with Gasteiger partial charge in [0.2, 0.25) is 0 Å². The summed E-state index contributed by atoms with van der Waals surface area (Å²) in [5, 5.41) is 0. The van der Waals surface area contributed by atoms with Gasteiger partial charge in [-0.2, -0.15) is 0 Å². The summed E-state index contributed by atoms with van der Waals surface area (Å²) in [6.07, 6.45) is 0. The Morgan fingerprint density at radius 1 is 0.727 bits per heavy atom. The van der Waals surface area contributed by atoms with Crippen molar-refractivity contribution in [1.82, 2.24) is 0 Å². The number of allylic oxidation sites excluding steroid dienone is 2. The van der Waals surface area contributed by atoms with E-state index in [1.165, 1.54) is 0 Å². The van der Waals surface area contributed by atoms with E-state index in [1.54, 1.807) is 31.2 Å². The van der Waals surface area contributed by atoms with Crippen molar-refractivity contribution in [2.75, 3.05) is 0 Å². The van der Waals surface area contributed by atoms with Crippen LogP contribution in [-0.4, -0.2) is 11.6 Å². The summed E-state index contributed by atoms with van der Waals surface area (Å²) >= 11 is 0. The van der Waals surface area contributed by atoms with Crippen LogP contribution in [0.4, 0.5) is 0 Å². The lowest BCUT2D eigenvalue weighted by Gasteiger charge is -2.22. The lowest BCUT2D eigenvalue weighted by atomic mass is 9.79. The third-order valence-corrected chi connectivity index (χ3v) is 4.29. The third-order valence-electron chi connectivity index (χ3n) is 4.29. The molecule has 1 aliphatic rings. The second-order valence-electron chi connectivity index (χ2n) is 5.98. The van der Waals surface area contributed by atoms with Crippen molar-refractivity contribution in [3.05, 3.63) is 75.4 Å². The second kappa shape index (κ2) is 5.06. The van der Waals surface area contributed by atoms with Gasteiger partial charge in [0.25, 0.3) is 0 Å². The van der Waals surface area contributed by atoms with Crippen LogP contribution in [0.15, 0.2) is 42.0 Å². The first-order chi connectivity index (χ1) is 10.4. The summed E-state index contributed by atoms with van der Waals surface area (Å²) in [6, 6.07) is 11.2. The van der Waals surface area contributed by atoms with Crippen LogP contribution in [-0.2, 0) is 0 Å². The van der Waals surface area contributed by atoms with Crippen molar-refractivity contribution in [1.29, 1.82) is 0 Å². The molecule has 0 unspecified atom stereocenters. The number of carbonyl (C=O) groups excluding carboxylic acids is 2. The molecule has 0 spiro atoms. The van der Waals surface area contributed by atoms with Crippen LogP contribution < -0.4 is 0 Å². The highest BCUT2D eigenvalue weighted by molar-refractivity contribution is 6.40. The molecular formula is C20H18O2. The van der Waals surface area contributed by atoms with Crippen LogP contribution >= 0.6 is 0 Å². The van der Waals surface area contributed by atoms with Gasteiger partial charge in [-0.1, -0.05) is 42.0 Å². The van der Waals surface area contributed by atoms with Crippen molar-refractivity contribution in [2.45, 2.75) is 27.7 Å². The zero-order valence-electron chi connectivity index (χ0n) is 13.3. The largest absolute Gasteiger partial charge is 0.289 e. The zero-order valence-corrected chi connectivity index (χ0v) is 13.3. The van der Waals surface area contributed by atoms with E-state index in [-0.39, 0.29) is 11.6 Å². The van der Waals surface area contributed by atoms with E-state index in [2.05, 4.69) is 12.1 Å². The van der Waals surface area contributed by atoms with Gasteiger partial charge < -0.3 is 0 Å². The van der Waals surface area contributed by atoms with Crippen molar-refractivity contribution >= 4 is 17.1 Å². The molecule has 22 heavy (non-hydrogen) atoms. The van der Waals surface area contributed by atoms with E-state index in [9.17, 15) is 9.59 Å². The number of hydrogen-bond acceptors (Lipinski definition) is 2. The van der Waals surface area contributed by atoms with E-state index in [0.717, 1.165) is 22.3 Å². The number of benzene rings is 2. The Hall–Kier alpha value is -2.48. The zero-order chi connectivity index (χ0) is 16.0. The number of Topliss-reactive ketones (excluding diaryl/α,β-unsaturated/α-hetero) is 2. The minimum Gasteiger partial charge on any atom is -0.289 e. The van der Waals surface area contributed by atoms with Crippen LogP contribution in [0.2, 0.25) is 0 Å². The predicted octanol–water partition coefficient (Wildman–Crippen LogP) is 4.46. The van der Waals surface area contributed by atoms with Crippen LogP contribution in [0.3, 0.4) is 0 Å². The molecule has 0 fully saturated rings. The van der Waals surface area contributed by atoms with Crippen molar-refractivity contribution in [3.63, 3.8) is 0 Å². The molecule has 0 radical (unpaired) electrons. The van der Waals surface area contributed by atoms with Gasteiger partial charge in [0.15, 0.2) is 11.6 Å². The van der Waals surface area contributed by atoms with Crippen molar-refractivity contribution in [3.8, 4) is 0 Å². The highest BCUT2D eigenvalue weighted by Gasteiger charge is 2.31. The molecule has 2 heteroatoms. The molecule has 0 atom stereocenters. The van der Waals surface area contributed by atoms with Crippen LogP contribution in [0, 0.1) is 20.8 Å². The molecule has 1 aliphatic carbocycles. The molecule has 0 saturated carbocycles. The van der Waals surface area contributed by atoms with Gasteiger partial charge in [-0.05, 0) is 44.4 Å². The molecule has 2 aromatic rings. The molecule has 0 N–H and O–H groups in total. The highest BCUT2D eigenvalue weighted by Crippen LogP contribution is 2.35. The molecule has 0 aliphatic heterocycles. The number of fused-ring (bicyclic) bond motifs is 1. The van der Waals surface area contributed by atoms with E-state index in [1.807, 2.05) is 20.8 Å². The van der Waals surface area contributed by atoms with Gasteiger partial charge in [0.1, 0.15) is 0 Å². The Kier molecular flexibility index (Phi) is 3.32. The highest BCUT2D eigenvalue weighted by atomic mass is 16.1. The van der Waals surface area contributed by atoms with Crippen LogP contribution in [0.1, 0.15) is 49.9 Å². The lowest BCUT2D eigenvalue weighted by Crippen LogP contribution is -2.21. The molecule has 3 rings (SSSR count). The smallest absolute Gasteiger partial charge is 0.194 e. The molecular weight excluding hydrogens is 272 g/mol. The summed E-state index contributed by atoms with van der Waals surface area (Å²) in [7, 11) is 0. The summed E-state index contributed by atoms with van der Waals surface area (Å²) in [5.41, 5.74) is 6.24. The van der Waals surface area contributed by atoms with E-state index < -0.39 is 0 Å². The maximum atomic E-state index is 13.0. The van der Waals surface area contributed by atoms with E-state index in [0.29, 0.717) is 22.3 Å². The van der Waals surface area contributed by atoms with Crippen LogP contribution in [0.25, 0.3) is 5.57 Å². The second-order valence-corrected chi connectivity index (χ2v) is 5.98. The molecule has 0 aromatic heterocycles. The van der Waals surface area contributed by atoms with Crippen molar-refractivity contribution < 1.29 is 9.59 Å². The Morgan fingerprint density at radius 2 is 1.23 bits per heavy atom. The molecule has 2 nitrogen and oxygen atoms in total. The molecule has 110 valence electrons. The summed E-state index contributed by atoms with van der Waals surface area (Å²) in [6.45, 7) is 7.78. The van der Waals surface area contributed by atoms with Gasteiger partial charge in [0.05, 0.1) is 0 Å². The Balaban J connectivity index is 2.31. The van der Waals surface area contributed by atoms with Gasteiger partial charge in [-0.3, -0.25) is 9.59 Å². The maximum Gasteiger partial charge on any atom is 0.194 e. The first-order valence-corrected chi connectivity index (χ1v) is 7.39. The Labute approximate surface area is 130 Å². The number of carbonyl (C=O) groups is 2. The molecule has 0 heterocycles. The van der Waals surface area contributed by atoms with Gasteiger partial charge in [-0.25, -0.2) is 0 Å². The predicted molar refractivity (Wildman–Crippen MR) is 88.4 cm³/mol. The van der Waals surface area contributed by atoms with Crippen LogP contribution in [0.5, 0.6) is 0 Å². The SMILES string of the molecule is CC1=C(c2c(C)cc(C)cc2C)C(=O)c2ccccc2C1=O. The standard InChI is InChI=1S/C20H18O2/c1-11-9-12(2)17(13(3)10-11)18-14(4)19(21)15-7-5-6-8-16(15)20(18)22/h5-10H,1-4H3. The van der Waals surface area contributed by atoms with Gasteiger partial charge in [-0.15, -0.1) is 0 Å². The van der Waals surface area contributed by atoms with E-state index >= 15 is 0 Å². The Bertz CT molecular complexity index is 831. The number of hydrogen-bond donors (Lipinski definition) is 0. The molecule has 0 amide bonds. The number of ketones is 2. The number of aryl methyl sites for hydroxylation is 3. The first-order valence-electron chi connectivity index (χ1n) is 7.39. The fourth-order valence-electron chi connectivity index (χ4n) is 3.38. The first kappa shape index (κ1) is 14.5. The molecule has 0 saturated heterocycles. The quantitative estimate of drug-likeness (QED) is 0.776. The van der Waals surface area contributed by atoms with E-state index in [4.69, 9.17) is 0 Å². The summed E-state index contributed by atoms with van der Waals surface area (Å²) < 4.78 is 0. The summed E-state index contributed by atoms with van der Waals surface area (Å²) in [5.74, 6) is -0.104. The topological polar surface area (TPSA) is 34.1 Å². The normalized spacial score (nSPS) is 14.4. The fraction of sp³-hybridized carbons (Fsp3) is 0.200. The van der Waals surface area contributed by atoms with Gasteiger partial charge >= 0.3 is 0 Å². The third kappa shape index (κ3) is 2.03. The average Bonchev–Trinajstić information content (AvgIpc) is 2.47. The lowest BCUT2D eigenvalue weighted by molar-refractivity contribution is 0.0992. The maximum absolute atomic E-state index is 13.0. The monoisotopic (exact) mass is 290 g/mol. The molecule has 2 aromatic carbocycles. The minimum atomic E-state index is -0.0530. The number of rotatable bonds is 1. The van der Waals surface area contributed by atoms with Gasteiger partial charge in [0, 0.05) is 22.3 Å². The Morgan fingerprint density at radius 3 is 1.77 bits per heavy atom. The fourth-order valence-corrected chi connectivity index (χ4v) is 3.38. The molecule has 0 bridgehead atoms.